The minimum absolute atomic E-state index is 0.345. The second-order valence-corrected chi connectivity index (χ2v) is 5.61. The van der Waals surface area contributed by atoms with E-state index in [4.69, 9.17) is 0 Å². The molecule has 0 saturated carbocycles. The summed E-state index contributed by atoms with van der Waals surface area (Å²) in [5.41, 5.74) is 0. The molecular formula is C16H22N6. The second kappa shape index (κ2) is 7.17. The molecule has 3 heterocycles. The van der Waals surface area contributed by atoms with Crippen LogP contribution in [0.1, 0.15) is 6.92 Å². The molecule has 116 valence electrons. The maximum atomic E-state index is 4.42. The van der Waals surface area contributed by atoms with Gasteiger partial charge in [0.15, 0.2) is 0 Å². The zero-order valence-corrected chi connectivity index (χ0v) is 12.9. The lowest BCUT2D eigenvalue weighted by atomic mass is 10.2. The molecular weight excluding hydrogens is 276 g/mol. The summed E-state index contributed by atoms with van der Waals surface area (Å²) in [7, 11) is 0. The highest BCUT2D eigenvalue weighted by Gasteiger charge is 2.19. The molecule has 3 rings (SSSR count). The molecule has 1 aliphatic heterocycles. The number of aromatic nitrogens is 3. The van der Waals surface area contributed by atoms with Crippen molar-refractivity contribution < 1.29 is 0 Å². The Morgan fingerprint density at radius 2 is 1.95 bits per heavy atom. The van der Waals surface area contributed by atoms with Crippen molar-refractivity contribution in [3.05, 3.63) is 43.0 Å². The first-order chi connectivity index (χ1) is 10.8. The summed E-state index contributed by atoms with van der Waals surface area (Å²) in [4.78, 5) is 17.6. The van der Waals surface area contributed by atoms with Gasteiger partial charge in [0, 0.05) is 57.4 Å². The van der Waals surface area contributed by atoms with Crippen LogP contribution in [0.4, 0.5) is 11.6 Å². The number of nitrogens with zero attached hydrogens (tertiary/aromatic N) is 5. The van der Waals surface area contributed by atoms with E-state index in [0.717, 1.165) is 44.4 Å². The van der Waals surface area contributed by atoms with Gasteiger partial charge in [0.25, 0.3) is 0 Å². The van der Waals surface area contributed by atoms with Crippen molar-refractivity contribution in [2.75, 3.05) is 42.9 Å². The van der Waals surface area contributed by atoms with Gasteiger partial charge in [-0.25, -0.2) is 9.97 Å². The topological polar surface area (TPSA) is 57.2 Å². The van der Waals surface area contributed by atoms with Gasteiger partial charge < -0.3 is 10.2 Å². The first-order valence-corrected chi connectivity index (χ1v) is 7.72. The second-order valence-electron chi connectivity index (χ2n) is 5.61. The molecule has 1 aliphatic rings. The third kappa shape index (κ3) is 3.92. The first-order valence-electron chi connectivity index (χ1n) is 7.72. The molecule has 0 spiro atoms. The van der Waals surface area contributed by atoms with Crippen LogP contribution >= 0.6 is 0 Å². The third-order valence-corrected chi connectivity index (χ3v) is 3.84. The predicted molar refractivity (Wildman–Crippen MR) is 88.0 cm³/mol. The van der Waals surface area contributed by atoms with Gasteiger partial charge in [-0.3, -0.25) is 9.88 Å². The molecule has 0 amide bonds. The van der Waals surface area contributed by atoms with Gasteiger partial charge in [0.2, 0.25) is 0 Å². The third-order valence-electron chi connectivity index (χ3n) is 3.84. The van der Waals surface area contributed by atoms with Crippen LogP contribution in [-0.4, -0.2) is 58.6 Å². The van der Waals surface area contributed by atoms with Crippen molar-refractivity contribution in [2.45, 2.75) is 13.0 Å². The number of pyridine rings is 1. The maximum absolute atomic E-state index is 4.42. The van der Waals surface area contributed by atoms with Crippen molar-refractivity contribution in [1.82, 2.24) is 19.9 Å². The van der Waals surface area contributed by atoms with Crippen LogP contribution in [0.15, 0.2) is 43.0 Å². The average Bonchev–Trinajstić information content (AvgIpc) is 2.57. The van der Waals surface area contributed by atoms with E-state index >= 15 is 0 Å². The quantitative estimate of drug-likeness (QED) is 0.902. The van der Waals surface area contributed by atoms with Crippen molar-refractivity contribution >= 4 is 11.6 Å². The van der Waals surface area contributed by atoms with Crippen molar-refractivity contribution in [3.8, 4) is 0 Å². The van der Waals surface area contributed by atoms with Gasteiger partial charge in [-0.15, -0.1) is 0 Å². The van der Waals surface area contributed by atoms with E-state index in [1.165, 1.54) is 0 Å². The van der Waals surface area contributed by atoms with Crippen molar-refractivity contribution in [1.29, 1.82) is 0 Å². The molecule has 6 nitrogen and oxygen atoms in total. The lowest BCUT2D eigenvalue weighted by Crippen LogP contribution is -2.49. The molecule has 6 heteroatoms. The fraction of sp³-hybridized carbons (Fsp3) is 0.438. The molecule has 1 fully saturated rings. The molecule has 1 N–H and O–H groups in total. The SMILES string of the molecule is CC(CN1CCN(c2ccccn2)CC1)Nc1cnccn1. The first kappa shape index (κ1) is 14.7. The lowest BCUT2D eigenvalue weighted by Gasteiger charge is -2.36. The van der Waals surface area contributed by atoms with E-state index in [2.05, 4.69) is 43.1 Å². The average molecular weight is 298 g/mol. The molecule has 2 aromatic rings. The van der Waals surface area contributed by atoms with Gasteiger partial charge in [0.05, 0.1) is 6.20 Å². The van der Waals surface area contributed by atoms with Gasteiger partial charge in [-0.2, -0.15) is 0 Å². The van der Waals surface area contributed by atoms with E-state index in [0.29, 0.717) is 6.04 Å². The predicted octanol–water partition coefficient (Wildman–Crippen LogP) is 1.49. The maximum Gasteiger partial charge on any atom is 0.144 e. The Hall–Kier alpha value is -2.21. The summed E-state index contributed by atoms with van der Waals surface area (Å²) < 4.78 is 0. The van der Waals surface area contributed by atoms with E-state index in [-0.39, 0.29) is 0 Å². The van der Waals surface area contributed by atoms with Gasteiger partial charge in [0.1, 0.15) is 11.6 Å². The summed E-state index contributed by atoms with van der Waals surface area (Å²) in [5.74, 6) is 1.91. The molecule has 2 aromatic heterocycles. The highest BCUT2D eigenvalue weighted by Crippen LogP contribution is 2.13. The fourth-order valence-corrected chi connectivity index (χ4v) is 2.76. The molecule has 0 aromatic carbocycles. The Morgan fingerprint density at radius 3 is 2.64 bits per heavy atom. The van der Waals surface area contributed by atoms with Crippen molar-refractivity contribution in [3.63, 3.8) is 0 Å². The van der Waals surface area contributed by atoms with Crippen LogP contribution in [-0.2, 0) is 0 Å². The molecule has 0 bridgehead atoms. The normalized spacial score (nSPS) is 17.2. The number of rotatable bonds is 5. The number of piperazine rings is 1. The summed E-state index contributed by atoms with van der Waals surface area (Å²) in [5, 5.41) is 3.39. The highest BCUT2D eigenvalue weighted by molar-refractivity contribution is 5.38. The summed E-state index contributed by atoms with van der Waals surface area (Å²) in [6.07, 6.45) is 7.01. The smallest absolute Gasteiger partial charge is 0.144 e. The number of hydrogen-bond donors (Lipinski definition) is 1. The molecule has 22 heavy (non-hydrogen) atoms. The number of anilines is 2. The largest absolute Gasteiger partial charge is 0.365 e. The summed E-state index contributed by atoms with van der Waals surface area (Å²) in [6, 6.07) is 6.42. The molecule has 0 aliphatic carbocycles. The molecule has 0 radical (unpaired) electrons. The monoisotopic (exact) mass is 298 g/mol. The Balaban J connectivity index is 1.46. The van der Waals surface area contributed by atoms with Crippen LogP contribution in [0.5, 0.6) is 0 Å². The summed E-state index contributed by atoms with van der Waals surface area (Å²) in [6.45, 7) is 7.35. The molecule has 1 saturated heterocycles. The van der Waals surface area contributed by atoms with Crippen LogP contribution in [0.25, 0.3) is 0 Å². The minimum Gasteiger partial charge on any atom is -0.365 e. The van der Waals surface area contributed by atoms with Crippen LogP contribution in [0.2, 0.25) is 0 Å². The van der Waals surface area contributed by atoms with E-state index in [1.54, 1.807) is 18.6 Å². The van der Waals surface area contributed by atoms with E-state index in [9.17, 15) is 0 Å². The summed E-state index contributed by atoms with van der Waals surface area (Å²) >= 11 is 0. The zero-order chi connectivity index (χ0) is 15.2. The lowest BCUT2D eigenvalue weighted by molar-refractivity contribution is 0.250. The zero-order valence-electron chi connectivity index (χ0n) is 12.9. The molecule has 1 atom stereocenters. The van der Waals surface area contributed by atoms with Gasteiger partial charge in [-0.1, -0.05) is 6.07 Å². The Kier molecular flexibility index (Phi) is 4.80. The van der Waals surface area contributed by atoms with Crippen LogP contribution < -0.4 is 10.2 Å². The Morgan fingerprint density at radius 1 is 1.09 bits per heavy atom. The number of nitrogens with one attached hydrogen (secondary N) is 1. The Bertz CT molecular complexity index is 553. The highest BCUT2D eigenvalue weighted by atomic mass is 15.3. The van der Waals surface area contributed by atoms with Crippen LogP contribution in [0, 0.1) is 0 Å². The van der Waals surface area contributed by atoms with E-state index in [1.807, 2.05) is 18.3 Å². The fourth-order valence-electron chi connectivity index (χ4n) is 2.76. The van der Waals surface area contributed by atoms with Crippen LogP contribution in [0.3, 0.4) is 0 Å². The molecule has 1 unspecified atom stereocenters. The minimum atomic E-state index is 0.345. The number of hydrogen-bond acceptors (Lipinski definition) is 6. The van der Waals surface area contributed by atoms with Crippen molar-refractivity contribution in [2.24, 2.45) is 0 Å². The standard InChI is InChI=1S/C16H22N6/c1-14(20-15-12-17-6-7-18-15)13-21-8-10-22(11-9-21)16-4-2-3-5-19-16/h2-7,12,14H,8-11,13H2,1H3,(H,18,20). The van der Waals surface area contributed by atoms with Gasteiger partial charge >= 0.3 is 0 Å². The van der Waals surface area contributed by atoms with Gasteiger partial charge in [-0.05, 0) is 19.1 Å². The Labute approximate surface area is 131 Å². The van der Waals surface area contributed by atoms with E-state index < -0.39 is 0 Å².